The summed E-state index contributed by atoms with van der Waals surface area (Å²) in [5.41, 5.74) is 10.5. The maximum Gasteiger partial charge on any atom is 0.0652 e. The lowest BCUT2D eigenvalue weighted by Crippen LogP contribution is -2.07. The van der Waals surface area contributed by atoms with Crippen LogP contribution in [0.4, 0.5) is 0 Å². The molecule has 0 spiro atoms. The van der Waals surface area contributed by atoms with Gasteiger partial charge in [0.15, 0.2) is 0 Å². The minimum Gasteiger partial charge on any atom is -0.330 e. The number of aryl methyl sites for hydroxylation is 1. The highest BCUT2D eigenvalue weighted by atomic mass is 79.9. The van der Waals surface area contributed by atoms with E-state index in [4.69, 9.17) is 5.73 Å². The Balaban J connectivity index is 2.46. The second-order valence-corrected chi connectivity index (χ2v) is 5.21. The van der Waals surface area contributed by atoms with Gasteiger partial charge in [-0.1, -0.05) is 22.9 Å². The highest BCUT2D eigenvalue weighted by molar-refractivity contribution is 9.10. The van der Waals surface area contributed by atoms with E-state index in [-0.39, 0.29) is 0 Å². The molecule has 0 amide bonds. The summed E-state index contributed by atoms with van der Waals surface area (Å²) in [6.07, 6.45) is 3.78. The Kier molecular flexibility index (Phi) is 4.19. The van der Waals surface area contributed by atoms with Gasteiger partial charge in [0, 0.05) is 10.2 Å². The van der Waals surface area contributed by atoms with Crippen molar-refractivity contribution in [3.63, 3.8) is 0 Å². The quantitative estimate of drug-likeness (QED) is 0.943. The van der Waals surface area contributed by atoms with Crippen LogP contribution in [0.15, 0.2) is 28.9 Å². The van der Waals surface area contributed by atoms with Crippen molar-refractivity contribution in [1.29, 1.82) is 0 Å². The number of nitrogens with two attached hydrogens (primary N) is 1. The van der Waals surface area contributed by atoms with Gasteiger partial charge in [-0.05, 0) is 55.6 Å². The summed E-state index contributed by atoms with van der Waals surface area (Å²) in [7, 11) is 0. The number of halogens is 1. The predicted octanol–water partition coefficient (Wildman–Crippen LogP) is 3.01. The van der Waals surface area contributed by atoms with Crippen LogP contribution in [0.1, 0.15) is 23.7 Å². The standard InChI is InChI=1S/C14H18BrN3/c1-3-14-11(6-7-16)9-17-18(14)12-4-5-13(15)10(2)8-12/h4-5,8-9H,3,6-7,16H2,1-2H3. The van der Waals surface area contributed by atoms with Gasteiger partial charge in [-0.2, -0.15) is 5.10 Å². The van der Waals surface area contributed by atoms with Gasteiger partial charge in [0.1, 0.15) is 0 Å². The van der Waals surface area contributed by atoms with Gasteiger partial charge < -0.3 is 5.73 Å². The molecule has 4 heteroatoms. The summed E-state index contributed by atoms with van der Waals surface area (Å²) in [5, 5.41) is 4.49. The summed E-state index contributed by atoms with van der Waals surface area (Å²) in [4.78, 5) is 0. The fourth-order valence-electron chi connectivity index (χ4n) is 2.13. The molecule has 0 aliphatic heterocycles. The molecule has 0 saturated carbocycles. The highest BCUT2D eigenvalue weighted by Crippen LogP contribution is 2.21. The molecule has 0 fully saturated rings. The van der Waals surface area contributed by atoms with Crippen LogP contribution in [0.2, 0.25) is 0 Å². The van der Waals surface area contributed by atoms with E-state index in [1.165, 1.54) is 16.8 Å². The lowest BCUT2D eigenvalue weighted by Gasteiger charge is -2.09. The molecular weight excluding hydrogens is 290 g/mol. The smallest absolute Gasteiger partial charge is 0.0652 e. The number of aromatic nitrogens is 2. The van der Waals surface area contributed by atoms with E-state index in [1.54, 1.807) is 0 Å². The van der Waals surface area contributed by atoms with Crippen LogP contribution in [0, 0.1) is 6.92 Å². The van der Waals surface area contributed by atoms with Crippen molar-refractivity contribution in [3.05, 3.63) is 45.7 Å². The third kappa shape index (κ3) is 2.49. The Morgan fingerprint density at radius 3 is 2.78 bits per heavy atom. The Hall–Kier alpha value is -1.13. The van der Waals surface area contributed by atoms with E-state index < -0.39 is 0 Å². The van der Waals surface area contributed by atoms with Crippen LogP contribution in [-0.2, 0) is 12.8 Å². The fourth-order valence-corrected chi connectivity index (χ4v) is 2.38. The topological polar surface area (TPSA) is 43.8 Å². The first-order chi connectivity index (χ1) is 8.67. The Bertz CT molecular complexity index is 546. The Labute approximate surface area is 116 Å². The van der Waals surface area contributed by atoms with E-state index in [9.17, 15) is 0 Å². The van der Waals surface area contributed by atoms with Crippen molar-refractivity contribution in [2.75, 3.05) is 6.54 Å². The zero-order valence-corrected chi connectivity index (χ0v) is 12.4. The van der Waals surface area contributed by atoms with Crippen LogP contribution < -0.4 is 5.73 Å². The van der Waals surface area contributed by atoms with Crippen LogP contribution >= 0.6 is 15.9 Å². The molecule has 3 nitrogen and oxygen atoms in total. The summed E-state index contributed by atoms with van der Waals surface area (Å²) in [6, 6.07) is 6.28. The molecule has 0 aliphatic rings. The molecule has 0 bridgehead atoms. The van der Waals surface area contributed by atoms with Crippen molar-refractivity contribution >= 4 is 15.9 Å². The van der Waals surface area contributed by atoms with Gasteiger partial charge in [-0.3, -0.25) is 0 Å². The number of rotatable bonds is 4. The lowest BCUT2D eigenvalue weighted by atomic mass is 10.1. The number of hydrogen-bond acceptors (Lipinski definition) is 2. The van der Waals surface area contributed by atoms with Crippen LogP contribution in [-0.4, -0.2) is 16.3 Å². The van der Waals surface area contributed by atoms with E-state index in [1.807, 2.05) is 10.9 Å². The maximum absolute atomic E-state index is 5.63. The van der Waals surface area contributed by atoms with Gasteiger partial charge in [-0.25, -0.2) is 4.68 Å². The molecule has 96 valence electrons. The normalized spacial score (nSPS) is 10.9. The van der Waals surface area contributed by atoms with Crippen molar-refractivity contribution in [2.45, 2.75) is 26.7 Å². The molecule has 0 atom stereocenters. The second kappa shape index (κ2) is 5.67. The third-order valence-corrected chi connectivity index (χ3v) is 3.98. The largest absolute Gasteiger partial charge is 0.330 e. The summed E-state index contributed by atoms with van der Waals surface area (Å²) >= 11 is 3.52. The molecule has 18 heavy (non-hydrogen) atoms. The fraction of sp³-hybridized carbons (Fsp3) is 0.357. The molecule has 0 aliphatic carbocycles. The van der Waals surface area contributed by atoms with Crippen molar-refractivity contribution in [2.24, 2.45) is 5.73 Å². The van der Waals surface area contributed by atoms with E-state index in [0.29, 0.717) is 6.54 Å². The first kappa shape index (κ1) is 13.3. The molecule has 1 aromatic heterocycles. The van der Waals surface area contributed by atoms with Crippen molar-refractivity contribution < 1.29 is 0 Å². The zero-order chi connectivity index (χ0) is 13.1. The monoisotopic (exact) mass is 307 g/mol. The molecule has 2 N–H and O–H groups in total. The molecule has 2 rings (SSSR count). The van der Waals surface area contributed by atoms with Gasteiger partial charge in [0.2, 0.25) is 0 Å². The first-order valence-electron chi connectivity index (χ1n) is 6.19. The number of hydrogen-bond donors (Lipinski definition) is 1. The first-order valence-corrected chi connectivity index (χ1v) is 6.99. The third-order valence-electron chi connectivity index (χ3n) is 3.09. The van der Waals surface area contributed by atoms with Crippen LogP contribution in [0.3, 0.4) is 0 Å². The number of nitrogens with zero attached hydrogens (tertiary/aromatic N) is 2. The van der Waals surface area contributed by atoms with Crippen molar-refractivity contribution in [1.82, 2.24) is 9.78 Å². The molecule has 1 aromatic carbocycles. The number of benzene rings is 1. The summed E-state index contributed by atoms with van der Waals surface area (Å²) in [6.45, 7) is 4.90. The molecule has 0 radical (unpaired) electrons. The molecular formula is C14H18BrN3. The molecule has 2 aromatic rings. The summed E-state index contributed by atoms with van der Waals surface area (Å²) < 4.78 is 3.14. The van der Waals surface area contributed by atoms with E-state index in [0.717, 1.165) is 23.0 Å². The average Bonchev–Trinajstić information content (AvgIpc) is 2.76. The van der Waals surface area contributed by atoms with Gasteiger partial charge in [-0.15, -0.1) is 0 Å². The van der Waals surface area contributed by atoms with E-state index in [2.05, 4.69) is 53.1 Å². The highest BCUT2D eigenvalue weighted by Gasteiger charge is 2.10. The maximum atomic E-state index is 5.63. The van der Waals surface area contributed by atoms with Crippen molar-refractivity contribution in [3.8, 4) is 5.69 Å². The Morgan fingerprint density at radius 2 is 2.17 bits per heavy atom. The summed E-state index contributed by atoms with van der Waals surface area (Å²) in [5.74, 6) is 0. The SMILES string of the molecule is CCc1c(CCN)cnn1-c1ccc(Br)c(C)c1. The molecule has 0 unspecified atom stereocenters. The van der Waals surface area contributed by atoms with Gasteiger partial charge in [0.05, 0.1) is 11.9 Å². The predicted molar refractivity (Wildman–Crippen MR) is 78.1 cm³/mol. The zero-order valence-electron chi connectivity index (χ0n) is 10.8. The minimum atomic E-state index is 0.665. The van der Waals surface area contributed by atoms with Crippen LogP contribution in [0.25, 0.3) is 5.69 Å². The molecule has 1 heterocycles. The Morgan fingerprint density at radius 1 is 1.39 bits per heavy atom. The van der Waals surface area contributed by atoms with Gasteiger partial charge >= 0.3 is 0 Å². The minimum absolute atomic E-state index is 0.665. The van der Waals surface area contributed by atoms with E-state index >= 15 is 0 Å². The lowest BCUT2D eigenvalue weighted by molar-refractivity contribution is 0.804. The van der Waals surface area contributed by atoms with Crippen LogP contribution in [0.5, 0.6) is 0 Å². The molecule has 0 saturated heterocycles. The average molecular weight is 308 g/mol. The van der Waals surface area contributed by atoms with Gasteiger partial charge in [0.25, 0.3) is 0 Å². The second-order valence-electron chi connectivity index (χ2n) is 4.35.